The average molecular weight is 440 g/mol. The Balaban J connectivity index is 1.72. The first-order chi connectivity index (χ1) is 15.9. The smallest absolute Gasteiger partial charge is 0.197 e. The number of aromatic amines is 1. The summed E-state index contributed by atoms with van der Waals surface area (Å²) >= 11 is 0. The van der Waals surface area contributed by atoms with Gasteiger partial charge in [-0.25, -0.2) is 9.24 Å². The monoisotopic (exact) mass is 439 g/mol. The van der Waals surface area contributed by atoms with E-state index in [0.29, 0.717) is 22.5 Å². The van der Waals surface area contributed by atoms with E-state index in [1.54, 1.807) is 13.1 Å². The number of anilines is 1. The number of aromatic nitrogens is 2. The lowest BCUT2D eigenvalue weighted by Gasteiger charge is -2.26. The standard InChI is InChI=1S/C27H26FN5/c1-15-8-17(10-18-14-33(5)7-6-20(15)18)27-22-12-21(24(30-4)13-25(22)31-32-27)26-16(2)9-19(29-3)11-23(26)28/h8-13,29H,6-7,14H2,1-3,5H3,(H,31,32). The largest absolute Gasteiger partial charge is 0.388 e. The zero-order valence-corrected chi connectivity index (χ0v) is 19.3. The van der Waals surface area contributed by atoms with Crippen LogP contribution in [0.3, 0.4) is 0 Å². The molecule has 0 aliphatic carbocycles. The third-order valence-electron chi connectivity index (χ3n) is 6.67. The molecule has 1 aliphatic rings. The van der Waals surface area contributed by atoms with Gasteiger partial charge in [0.15, 0.2) is 5.69 Å². The van der Waals surface area contributed by atoms with Gasteiger partial charge in [0.25, 0.3) is 0 Å². The fourth-order valence-electron chi connectivity index (χ4n) is 4.99. The number of likely N-dealkylation sites (N-methyl/N-ethyl adjacent to an activating group) is 1. The molecule has 0 fully saturated rings. The minimum Gasteiger partial charge on any atom is -0.388 e. The predicted molar refractivity (Wildman–Crippen MR) is 132 cm³/mol. The minimum absolute atomic E-state index is 0.346. The molecular weight excluding hydrogens is 413 g/mol. The fraction of sp³-hybridized carbons (Fsp3) is 0.259. The maximum atomic E-state index is 15.2. The van der Waals surface area contributed by atoms with Gasteiger partial charge in [0.05, 0.1) is 17.8 Å². The Bertz CT molecular complexity index is 1420. The summed E-state index contributed by atoms with van der Waals surface area (Å²) in [7, 11) is 3.91. The van der Waals surface area contributed by atoms with Crippen LogP contribution >= 0.6 is 0 Å². The normalized spacial score (nSPS) is 13.7. The number of aryl methyl sites for hydroxylation is 2. The van der Waals surface area contributed by atoms with Crippen LogP contribution in [0.5, 0.6) is 0 Å². The second-order valence-corrected chi connectivity index (χ2v) is 8.92. The van der Waals surface area contributed by atoms with Crippen molar-refractivity contribution in [3.05, 3.63) is 75.9 Å². The zero-order chi connectivity index (χ0) is 23.3. The molecule has 4 aromatic rings. The second-order valence-electron chi connectivity index (χ2n) is 8.92. The zero-order valence-electron chi connectivity index (χ0n) is 19.3. The van der Waals surface area contributed by atoms with Gasteiger partial charge in [0.2, 0.25) is 0 Å². The highest BCUT2D eigenvalue weighted by atomic mass is 19.1. The second kappa shape index (κ2) is 8.02. The number of hydrogen-bond donors (Lipinski definition) is 2. The van der Waals surface area contributed by atoms with Crippen molar-refractivity contribution >= 4 is 22.3 Å². The first-order valence-electron chi connectivity index (χ1n) is 11.1. The maximum absolute atomic E-state index is 15.2. The Morgan fingerprint density at radius 3 is 2.67 bits per heavy atom. The maximum Gasteiger partial charge on any atom is 0.197 e. The molecule has 2 heterocycles. The molecule has 0 unspecified atom stereocenters. The Morgan fingerprint density at radius 2 is 1.94 bits per heavy atom. The summed E-state index contributed by atoms with van der Waals surface area (Å²) in [4.78, 5) is 6.03. The van der Waals surface area contributed by atoms with Crippen molar-refractivity contribution in [2.45, 2.75) is 26.8 Å². The molecule has 0 amide bonds. The third kappa shape index (κ3) is 3.55. The van der Waals surface area contributed by atoms with Crippen LogP contribution in [-0.2, 0) is 13.0 Å². The molecule has 0 spiro atoms. The van der Waals surface area contributed by atoms with Crippen LogP contribution < -0.4 is 5.32 Å². The number of nitrogens with zero attached hydrogens (tertiary/aromatic N) is 3. The predicted octanol–water partition coefficient (Wildman–Crippen LogP) is 6.23. The first-order valence-corrected chi connectivity index (χ1v) is 11.1. The molecule has 5 nitrogen and oxygen atoms in total. The summed E-state index contributed by atoms with van der Waals surface area (Å²) in [5.41, 5.74) is 9.60. The third-order valence-corrected chi connectivity index (χ3v) is 6.67. The molecule has 33 heavy (non-hydrogen) atoms. The van der Waals surface area contributed by atoms with Gasteiger partial charge in [-0.05, 0) is 85.5 Å². The SMILES string of the molecule is [C-]#[N+]c1cc2[nH]nc(-c3cc(C)c4c(c3)CN(C)CC4)c2cc1-c1c(C)cc(NC)cc1F. The van der Waals surface area contributed by atoms with Crippen LogP contribution in [-0.4, -0.2) is 35.7 Å². The Morgan fingerprint density at radius 1 is 1.12 bits per heavy atom. The van der Waals surface area contributed by atoms with Gasteiger partial charge in [-0.1, -0.05) is 6.07 Å². The van der Waals surface area contributed by atoms with Gasteiger partial charge in [-0.3, -0.25) is 5.10 Å². The van der Waals surface area contributed by atoms with E-state index < -0.39 is 0 Å². The lowest BCUT2D eigenvalue weighted by molar-refractivity contribution is 0.312. The lowest BCUT2D eigenvalue weighted by Crippen LogP contribution is -2.27. The molecule has 5 rings (SSSR count). The van der Waals surface area contributed by atoms with E-state index in [2.05, 4.69) is 51.4 Å². The average Bonchev–Trinajstić information content (AvgIpc) is 3.20. The highest BCUT2D eigenvalue weighted by molar-refractivity contribution is 6.00. The van der Waals surface area contributed by atoms with Crippen molar-refractivity contribution in [3.8, 4) is 22.4 Å². The van der Waals surface area contributed by atoms with Crippen LogP contribution in [0.4, 0.5) is 15.8 Å². The van der Waals surface area contributed by atoms with Crippen LogP contribution in [0.25, 0.3) is 38.1 Å². The van der Waals surface area contributed by atoms with E-state index in [9.17, 15) is 0 Å². The molecule has 6 heteroatoms. The molecule has 3 aromatic carbocycles. The number of nitrogens with one attached hydrogen (secondary N) is 2. The number of fused-ring (bicyclic) bond motifs is 2. The van der Waals surface area contributed by atoms with Crippen molar-refractivity contribution < 1.29 is 4.39 Å². The van der Waals surface area contributed by atoms with Crippen LogP contribution in [0.15, 0.2) is 36.4 Å². The van der Waals surface area contributed by atoms with Gasteiger partial charge in [0, 0.05) is 42.3 Å². The van der Waals surface area contributed by atoms with Crippen molar-refractivity contribution in [3.63, 3.8) is 0 Å². The fourth-order valence-corrected chi connectivity index (χ4v) is 4.99. The van der Waals surface area contributed by atoms with E-state index in [4.69, 9.17) is 6.57 Å². The van der Waals surface area contributed by atoms with E-state index in [0.717, 1.165) is 47.2 Å². The molecule has 0 bridgehead atoms. The van der Waals surface area contributed by atoms with E-state index >= 15 is 4.39 Å². The van der Waals surface area contributed by atoms with Gasteiger partial charge >= 0.3 is 0 Å². The highest BCUT2D eigenvalue weighted by Gasteiger charge is 2.21. The van der Waals surface area contributed by atoms with Gasteiger partial charge in [-0.2, -0.15) is 5.10 Å². The van der Waals surface area contributed by atoms with Crippen molar-refractivity contribution in [2.75, 3.05) is 26.0 Å². The van der Waals surface area contributed by atoms with Crippen LogP contribution in [0.2, 0.25) is 0 Å². The van der Waals surface area contributed by atoms with Crippen molar-refractivity contribution in [1.29, 1.82) is 0 Å². The number of benzene rings is 3. The molecule has 0 saturated heterocycles. The molecule has 0 saturated carbocycles. The van der Waals surface area contributed by atoms with Gasteiger partial charge in [-0.15, -0.1) is 0 Å². The Kier molecular flexibility index (Phi) is 5.15. The Hall–Kier alpha value is -3.69. The minimum atomic E-state index is -0.346. The van der Waals surface area contributed by atoms with Crippen LogP contribution in [0.1, 0.15) is 22.3 Å². The molecule has 2 N–H and O–H groups in total. The molecule has 0 radical (unpaired) electrons. The highest BCUT2D eigenvalue weighted by Crippen LogP contribution is 2.41. The van der Waals surface area contributed by atoms with Crippen molar-refractivity contribution in [1.82, 2.24) is 15.1 Å². The number of hydrogen-bond acceptors (Lipinski definition) is 3. The number of rotatable bonds is 3. The van der Waals surface area contributed by atoms with Gasteiger partial charge in [0.1, 0.15) is 5.82 Å². The van der Waals surface area contributed by atoms with Crippen LogP contribution in [0, 0.1) is 26.2 Å². The molecule has 166 valence electrons. The summed E-state index contributed by atoms with van der Waals surface area (Å²) in [6.45, 7) is 13.7. The molecule has 0 atom stereocenters. The molecule has 1 aromatic heterocycles. The summed E-state index contributed by atoms with van der Waals surface area (Å²) in [5.74, 6) is -0.346. The van der Waals surface area contributed by atoms with E-state index in [-0.39, 0.29) is 5.82 Å². The van der Waals surface area contributed by atoms with Crippen molar-refractivity contribution in [2.24, 2.45) is 0 Å². The number of H-pyrrole nitrogens is 1. The molecular formula is C27H26FN5. The Labute approximate surface area is 193 Å². The summed E-state index contributed by atoms with van der Waals surface area (Å²) in [6.07, 6.45) is 1.05. The number of halogens is 1. The van der Waals surface area contributed by atoms with E-state index in [1.807, 2.05) is 19.1 Å². The topological polar surface area (TPSA) is 48.3 Å². The summed E-state index contributed by atoms with van der Waals surface area (Å²) in [5, 5.41) is 11.6. The lowest BCUT2D eigenvalue weighted by atomic mass is 9.91. The molecule has 1 aliphatic heterocycles. The summed E-state index contributed by atoms with van der Waals surface area (Å²) < 4.78 is 15.2. The van der Waals surface area contributed by atoms with Gasteiger partial charge < -0.3 is 10.2 Å². The summed E-state index contributed by atoms with van der Waals surface area (Å²) in [6, 6.07) is 11.5. The quantitative estimate of drug-likeness (QED) is 0.372. The first kappa shape index (κ1) is 21.2. The van der Waals surface area contributed by atoms with E-state index in [1.165, 1.54) is 22.8 Å².